The summed E-state index contributed by atoms with van der Waals surface area (Å²) in [5.41, 5.74) is 6.61. The summed E-state index contributed by atoms with van der Waals surface area (Å²) in [6.45, 7) is 0. The highest BCUT2D eigenvalue weighted by Gasteiger charge is 2.20. The molecule has 8 heteroatoms. The monoisotopic (exact) mass is 405 g/mol. The van der Waals surface area contributed by atoms with Crippen molar-refractivity contribution < 1.29 is 14.5 Å². The number of amides is 2. The Hall–Kier alpha value is -2.74. The number of non-ortho nitro benzene ring substituents is 1. The predicted molar refractivity (Wildman–Crippen MR) is 95.8 cm³/mol. The van der Waals surface area contributed by atoms with Gasteiger partial charge in [0.1, 0.15) is 6.04 Å². The van der Waals surface area contributed by atoms with Gasteiger partial charge in [0, 0.05) is 23.0 Å². The van der Waals surface area contributed by atoms with Gasteiger partial charge >= 0.3 is 0 Å². The molecule has 0 aliphatic heterocycles. The fraction of sp³-hybridized carbons (Fsp3) is 0.176. The molecule has 130 valence electrons. The smallest absolute Gasteiger partial charge is 0.269 e. The summed E-state index contributed by atoms with van der Waals surface area (Å²) in [6.07, 6.45) is 0.166. The van der Waals surface area contributed by atoms with Crippen LogP contribution in [-0.4, -0.2) is 22.8 Å². The van der Waals surface area contributed by atoms with Crippen LogP contribution in [0.25, 0.3) is 0 Å². The van der Waals surface area contributed by atoms with Crippen molar-refractivity contribution in [3.8, 4) is 0 Å². The van der Waals surface area contributed by atoms with E-state index < -0.39 is 22.8 Å². The van der Waals surface area contributed by atoms with Crippen LogP contribution in [0, 0.1) is 10.1 Å². The molecule has 0 aliphatic carbocycles. The molecule has 2 aromatic carbocycles. The van der Waals surface area contributed by atoms with Gasteiger partial charge < -0.3 is 11.1 Å². The van der Waals surface area contributed by atoms with Gasteiger partial charge in [0.15, 0.2) is 0 Å². The lowest BCUT2D eigenvalue weighted by Crippen LogP contribution is -2.46. The molecule has 2 rings (SSSR count). The van der Waals surface area contributed by atoms with Crippen LogP contribution in [0.1, 0.15) is 11.1 Å². The molecule has 0 unspecified atom stereocenters. The van der Waals surface area contributed by atoms with Gasteiger partial charge in [-0.25, -0.2) is 0 Å². The number of nitro benzene ring substituents is 1. The molecule has 0 saturated carbocycles. The number of rotatable bonds is 7. The Kier molecular flexibility index (Phi) is 6.24. The summed E-state index contributed by atoms with van der Waals surface area (Å²) < 4.78 is 0.814. The second-order valence-electron chi connectivity index (χ2n) is 5.42. The van der Waals surface area contributed by atoms with Gasteiger partial charge in [-0.1, -0.05) is 46.3 Å². The molecule has 0 radical (unpaired) electrons. The van der Waals surface area contributed by atoms with Crippen molar-refractivity contribution in [1.82, 2.24) is 5.32 Å². The number of nitrogens with two attached hydrogens (primary N) is 1. The highest BCUT2D eigenvalue weighted by molar-refractivity contribution is 9.10. The minimum absolute atomic E-state index is 0.0819. The third-order valence-corrected chi connectivity index (χ3v) is 4.32. The molecule has 2 amide bonds. The summed E-state index contributed by atoms with van der Waals surface area (Å²) in [5.74, 6) is -1.08. The number of halogens is 1. The molecule has 0 spiro atoms. The van der Waals surface area contributed by atoms with Crippen LogP contribution in [0.4, 0.5) is 5.69 Å². The Morgan fingerprint density at radius 2 is 1.92 bits per heavy atom. The molecule has 3 N–H and O–H groups in total. The van der Waals surface area contributed by atoms with Crippen molar-refractivity contribution in [2.75, 3.05) is 0 Å². The fourth-order valence-electron chi connectivity index (χ4n) is 2.32. The van der Waals surface area contributed by atoms with Gasteiger partial charge in [-0.05, 0) is 17.2 Å². The van der Waals surface area contributed by atoms with E-state index in [4.69, 9.17) is 5.73 Å². The number of benzene rings is 2. The topological polar surface area (TPSA) is 115 Å². The van der Waals surface area contributed by atoms with E-state index in [1.165, 1.54) is 18.2 Å². The lowest BCUT2D eigenvalue weighted by molar-refractivity contribution is -0.384. The first-order valence-corrected chi connectivity index (χ1v) is 8.21. The molecular weight excluding hydrogens is 390 g/mol. The van der Waals surface area contributed by atoms with Crippen LogP contribution in [0.2, 0.25) is 0 Å². The van der Waals surface area contributed by atoms with Crippen molar-refractivity contribution in [2.24, 2.45) is 5.73 Å². The molecule has 0 saturated heterocycles. The fourth-order valence-corrected chi connectivity index (χ4v) is 2.76. The Balaban J connectivity index is 2.05. The van der Waals surface area contributed by atoms with E-state index in [-0.39, 0.29) is 18.5 Å². The van der Waals surface area contributed by atoms with Crippen molar-refractivity contribution in [2.45, 2.75) is 18.9 Å². The minimum atomic E-state index is -0.870. The normalized spacial score (nSPS) is 11.6. The predicted octanol–water partition coefficient (Wildman–Crippen LogP) is 2.11. The zero-order chi connectivity index (χ0) is 18.4. The number of nitrogens with one attached hydrogen (secondary N) is 1. The van der Waals surface area contributed by atoms with Crippen LogP contribution < -0.4 is 11.1 Å². The largest absolute Gasteiger partial charge is 0.368 e. The Morgan fingerprint density at radius 1 is 1.20 bits per heavy atom. The van der Waals surface area contributed by atoms with E-state index in [1.807, 2.05) is 24.3 Å². The van der Waals surface area contributed by atoms with Crippen LogP contribution in [0.5, 0.6) is 0 Å². The van der Waals surface area contributed by atoms with Gasteiger partial charge in [0.25, 0.3) is 5.69 Å². The maximum Gasteiger partial charge on any atom is 0.269 e. The standard InChI is InChI=1S/C17H16BrN3O4/c18-14-7-2-1-5-12(14)10-15(17(19)23)20-16(22)9-11-4-3-6-13(8-11)21(24)25/h1-8,15H,9-10H2,(H2,19,23)(H,20,22)/t15-/m1/s1. The molecule has 0 bridgehead atoms. The maximum atomic E-state index is 12.2. The second-order valence-corrected chi connectivity index (χ2v) is 6.28. The van der Waals surface area contributed by atoms with E-state index in [0.717, 1.165) is 10.0 Å². The maximum absolute atomic E-state index is 12.2. The summed E-state index contributed by atoms with van der Waals surface area (Å²) in [6, 6.07) is 12.2. The summed E-state index contributed by atoms with van der Waals surface area (Å²) in [7, 11) is 0. The van der Waals surface area contributed by atoms with Gasteiger partial charge in [0.2, 0.25) is 11.8 Å². The summed E-state index contributed by atoms with van der Waals surface area (Å²) in [4.78, 5) is 34.1. The van der Waals surface area contributed by atoms with Crippen LogP contribution in [0.15, 0.2) is 53.0 Å². The average molecular weight is 406 g/mol. The molecule has 0 heterocycles. The molecule has 0 aliphatic rings. The lowest BCUT2D eigenvalue weighted by Gasteiger charge is -2.16. The van der Waals surface area contributed by atoms with Crippen molar-refractivity contribution in [3.05, 3.63) is 74.2 Å². The Morgan fingerprint density at radius 3 is 2.56 bits per heavy atom. The average Bonchev–Trinajstić information content (AvgIpc) is 2.56. The number of nitro groups is 1. The van der Waals surface area contributed by atoms with Crippen molar-refractivity contribution >= 4 is 33.4 Å². The minimum Gasteiger partial charge on any atom is -0.368 e. The number of hydrogen-bond donors (Lipinski definition) is 2. The molecule has 0 fully saturated rings. The summed E-state index contributed by atoms with van der Waals surface area (Å²) in [5, 5.41) is 13.4. The van der Waals surface area contributed by atoms with Crippen molar-refractivity contribution in [3.63, 3.8) is 0 Å². The zero-order valence-corrected chi connectivity index (χ0v) is 14.7. The Labute approximate surface area is 152 Å². The van der Waals surface area contributed by atoms with Crippen LogP contribution in [0.3, 0.4) is 0 Å². The van der Waals surface area contributed by atoms with E-state index >= 15 is 0 Å². The van der Waals surface area contributed by atoms with Gasteiger partial charge in [-0.15, -0.1) is 0 Å². The van der Waals surface area contributed by atoms with E-state index in [0.29, 0.717) is 5.56 Å². The van der Waals surface area contributed by atoms with Gasteiger partial charge in [-0.3, -0.25) is 19.7 Å². The van der Waals surface area contributed by atoms with E-state index in [1.54, 1.807) is 6.07 Å². The zero-order valence-electron chi connectivity index (χ0n) is 13.1. The molecule has 25 heavy (non-hydrogen) atoms. The van der Waals surface area contributed by atoms with Gasteiger partial charge in [0.05, 0.1) is 11.3 Å². The number of hydrogen-bond acceptors (Lipinski definition) is 4. The van der Waals surface area contributed by atoms with Crippen molar-refractivity contribution in [1.29, 1.82) is 0 Å². The molecule has 7 nitrogen and oxygen atoms in total. The number of carbonyl (C=O) groups excluding carboxylic acids is 2. The molecule has 0 aromatic heterocycles. The SMILES string of the molecule is NC(=O)[C@@H](Cc1ccccc1Br)NC(=O)Cc1cccc([N+](=O)[O-])c1. The lowest BCUT2D eigenvalue weighted by atomic mass is 10.0. The molecule has 2 aromatic rings. The third-order valence-electron chi connectivity index (χ3n) is 3.55. The summed E-state index contributed by atoms with van der Waals surface area (Å²) >= 11 is 3.39. The highest BCUT2D eigenvalue weighted by atomic mass is 79.9. The molecular formula is C17H16BrN3O4. The number of nitrogens with zero attached hydrogens (tertiary/aromatic N) is 1. The van der Waals surface area contributed by atoms with E-state index in [2.05, 4.69) is 21.2 Å². The number of primary amides is 1. The number of carbonyl (C=O) groups is 2. The first-order chi connectivity index (χ1) is 11.9. The van der Waals surface area contributed by atoms with Crippen LogP contribution >= 0.6 is 15.9 Å². The quantitative estimate of drug-likeness (QED) is 0.541. The third kappa shape index (κ3) is 5.39. The molecule has 1 atom stereocenters. The first-order valence-electron chi connectivity index (χ1n) is 7.42. The highest BCUT2D eigenvalue weighted by Crippen LogP contribution is 2.18. The first kappa shape index (κ1) is 18.6. The Bertz CT molecular complexity index is 810. The van der Waals surface area contributed by atoms with E-state index in [9.17, 15) is 19.7 Å². The van der Waals surface area contributed by atoms with Crippen LogP contribution in [-0.2, 0) is 22.4 Å². The second kappa shape index (κ2) is 8.39. The van der Waals surface area contributed by atoms with Gasteiger partial charge in [-0.2, -0.15) is 0 Å².